The molecule has 4 aliphatic rings. The fraction of sp³-hybridized carbons (Fsp3) is 0.455. The van der Waals surface area contributed by atoms with E-state index in [0.717, 1.165) is 84.4 Å². The number of nitrogens with one attached hydrogen (secondary N) is 2. The molecule has 2 saturated heterocycles. The number of carbonyl (C=O) groups is 2. The maximum atomic E-state index is 13.3. The van der Waals surface area contributed by atoms with Crippen LogP contribution in [0.1, 0.15) is 109 Å². The maximum Gasteiger partial charge on any atom is 0.411 e. The molecule has 1 saturated carbocycles. The van der Waals surface area contributed by atoms with E-state index in [1.807, 2.05) is 52.6 Å². The monoisotopic (exact) mass is 726 g/mol. The summed E-state index contributed by atoms with van der Waals surface area (Å²) in [7, 11) is 0. The minimum Gasteiger partial charge on any atom is -0.444 e. The summed E-state index contributed by atoms with van der Waals surface area (Å²) in [4.78, 5) is 46.9. The van der Waals surface area contributed by atoms with Crippen molar-refractivity contribution in [2.45, 2.75) is 116 Å². The summed E-state index contributed by atoms with van der Waals surface area (Å²) in [5.74, 6) is 2.06. The minimum absolute atomic E-state index is 0.0871. The smallest absolute Gasteiger partial charge is 0.411 e. The molecule has 9 rings (SSSR count). The Morgan fingerprint density at radius 3 is 2.17 bits per heavy atom. The number of carbonyl (C=O) groups excluding carboxylic acids is 2. The lowest BCUT2D eigenvalue weighted by molar-refractivity contribution is 0.00616. The number of nitrogens with zero attached hydrogens (tertiary/aromatic N) is 4. The van der Waals surface area contributed by atoms with E-state index in [1.54, 1.807) is 4.90 Å². The van der Waals surface area contributed by atoms with Crippen molar-refractivity contribution in [1.29, 1.82) is 0 Å². The van der Waals surface area contributed by atoms with Crippen molar-refractivity contribution in [2.24, 2.45) is 5.92 Å². The van der Waals surface area contributed by atoms with Crippen LogP contribution in [0, 0.1) is 5.92 Å². The number of fused-ring (bicyclic) bond motifs is 6. The molecule has 2 aliphatic carbocycles. The average Bonchev–Trinajstić information content (AvgIpc) is 3.97. The number of hydrogen-bond acceptors (Lipinski definition) is 6. The molecule has 5 aromatic rings. The molecule has 4 heterocycles. The van der Waals surface area contributed by atoms with E-state index < -0.39 is 11.2 Å². The van der Waals surface area contributed by atoms with Gasteiger partial charge in [-0.25, -0.2) is 19.6 Å². The number of imidazole rings is 2. The molecule has 3 aromatic carbocycles. The van der Waals surface area contributed by atoms with Crippen LogP contribution in [0.4, 0.5) is 9.59 Å². The first kappa shape index (κ1) is 34.6. The fourth-order valence-corrected chi connectivity index (χ4v) is 9.25. The Morgan fingerprint density at radius 1 is 0.759 bits per heavy atom. The van der Waals surface area contributed by atoms with Crippen LogP contribution in [-0.4, -0.2) is 65.7 Å². The third-order valence-corrected chi connectivity index (χ3v) is 11.6. The summed E-state index contributed by atoms with van der Waals surface area (Å²) in [6.07, 6.45) is 8.21. The van der Waals surface area contributed by atoms with E-state index in [-0.39, 0.29) is 30.3 Å². The van der Waals surface area contributed by atoms with Gasteiger partial charge in [0.05, 0.1) is 35.0 Å². The third kappa shape index (κ3) is 6.33. The number of aromatic amines is 2. The Hall–Kier alpha value is -5.12. The molecular formula is C44H50N6O4. The Bertz CT molecular complexity index is 2270. The van der Waals surface area contributed by atoms with Crippen molar-refractivity contribution in [2.75, 3.05) is 6.54 Å². The molecule has 2 N–H and O–H groups in total. The molecule has 4 atom stereocenters. The molecule has 2 aliphatic heterocycles. The first-order valence-corrected chi connectivity index (χ1v) is 19.6. The zero-order chi connectivity index (χ0) is 37.5. The number of likely N-dealkylation sites (tertiary alicyclic amines) is 2. The Morgan fingerprint density at radius 2 is 1.43 bits per heavy atom. The van der Waals surface area contributed by atoms with Gasteiger partial charge in [-0.2, -0.15) is 0 Å². The van der Waals surface area contributed by atoms with Crippen molar-refractivity contribution in [3.05, 3.63) is 83.6 Å². The molecule has 0 spiro atoms. The highest BCUT2D eigenvalue weighted by Crippen LogP contribution is 2.50. The topological polar surface area (TPSA) is 116 Å². The second-order valence-corrected chi connectivity index (χ2v) is 17.7. The molecule has 280 valence electrons. The summed E-state index contributed by atoms with van der Waals surface area (Å²) in [5.41, 5.74) is 10.4. The van der Waals surface area contributed by atoms with Crippen LogP contribution in [0.15, 0.2) is 60.8 Å². The normalized spacial score (nSPS) is 22.1. The quantitative estimate of drug-likeness (QED) is 0.191. The van der Waals surface area contributed by atoms with E-state index in [9.17, 15) is 9.59 Å². The number of aromatic nitrogens is 4. The second kappa shape index (κ2) is 12.7. The molecule has 2 bridgehead atoms. The minimum atomic E-state index is -0.540. The van der Waals surface area contributed by atoms with Gasteiger partial charge < -0.3 is 19.4 Å². The van der Waals surface area contributed by atoms with Crippen LogP contribution < -0.4 is 0 Å². The van der Waals surface area contributed by atoms with Gasteiger partial charge in [0.2, 0.25) is 0 Å². The molecule has 3 fully saturated rings. The Labute approximate surface area is 316 Å². The predicted molar refractivity (Wildman–Crippen MR) is 209 cm³/mol. The lowest BCUT2D eigenvalue weighted by Gasteiger charge is -2.35. The average molecular weight is 727 g/mol. The summed E-state index contributed by atoms with van der Waals surface area (Å²) >= 11 is 0. The maximum absolute atomic E-state index is 13.3. The molecule has 0 radical (unpaired) electrons. The Balaban J connectivity index is 0.935. The number of hydrogen-bond donors (Lipinski definition) is 2. The third-order valence-electron chi connectivity index (χ3n) is 11.6. The van der Waals surface area contributed by atoms with Crippen LogP contribution >= 0.6 is 0 Å². The van der Waals surface area contributed by atoms with Crippen LogP contribution in [0.25, 0.3) is 44.5 Å². The highest BCUT2D eigenvalue weighted by molar-refractivity contribution is 5.84. The van der Waals surface area contributed by atoms with Crippen molar-refractivity contribution >= 4 is 23.2 Å². The molecule has 10 nitrogen and oxygen atoms in total. The van der Waals surface area contributed by atoms with E-state index in [2.05, 4.69) is 64.6 Å². The Kier molecular flexibility index (Phi) is 8.17. The number of aryl methyl sites for hydroxylation is 2. The van der Waals surface area contributed by atoms with Crippen LogP contribution in [0.2, 0.25) is 0 Å². The van der Waals surface area contributed by atoms with E-state index in [4.69, 9.17) is 19.4 Å². The molecule has 54 heavy (non-hydrogen) atoms. The summed E-state index contributed by atoms with van der Waals surface area (Å²) in [5, 5.41) is 0. The predicted octanol–water partition coefficient (Wildman–Crippen LogP) is 9.92. The van der Waals surface area contributed by atoms with Gasteiger partial charge in [0.1, 0.15) is 22.9 Å². The second-order valence-electron chi connectivity index (χ2n) is 17.7. The summed E-state index contributed by atoms with van der Waals surface area (Å²) in [6.45, 7) is 12.1. The molecule has 4 unspecified atom stereocenters. The number of rotatable bonds is 4. The number of benzene rings is 3. The zero-order valence-electron chi connectivity index (χ0n) is 32.2. The molecule has 10 heteroatoms. The largest absolute Gasteiger partial charge is 0.444 e. The van der Waals surface area contributed by atoms with Gasteiger partial charge in [-0.1, -0.05) is 36.4 Å². The summed E-state index contributed by atoms with van der Waals surface area (Å²) < 4.78 is 11.5. The molecule has 2 aromatic heterocycles. The molecule has 2 amide bonds. The first-order chi connectivity index (χ1) is 25.8. The number of H-pyrrole nitrogens is 2. The van der Waals surface area contributed by atoms with Gasteiger partial charge in [-0.05, 0) is 150 Å². The summed E-state index contributed by atoms with van der Waals surface area (Å²) in [6, 6.07) is 20.0. The lowest BCUT2D eigenvalue weighted by atomic mass is 9.83. The SMILES string of the molecule is CC(C)(C)OC(=O)N1CCCC1c1ncc(-c2ccc3c(c2)CCc2cc(-c4ccc5nc(C6C7CCC(C7)N6C(=O)OC(C)(C)C)[nH]c5c4)ccc2-3)[nH]1. The van der Waals surface area contributed by atoms with Gasteiger partial charge in [0.15, 0.2) is 0 Å². The van der Waals surface area contributed by atoms with E-state index in [1.165, 1.54) is 27.8 Å². The number of piperidine rings is 1. The van der Waals surface area contributed by atoms with Gasteiger partial charge in [0, 0.05) is 12.6 Å². The highest BCUT2D eigenvalue weighted by Gasteiger charge is 2.51. The van der Waals surface area contributed by atoms with E-state index >= 15 is 0 Å². The van der Waals surface area contributed by atoms with Gasteiger partial charge in [0.25, 0.3) is 0 Å². The van der Waals surface area contributed by atoms with Gasteiger partial charge >= 0.3 is 12.2 Å². The fourth-order valence-electron chi connectivity index (χ4n) is 9.25. The number of amides is 2. The van der Waals surface area contributed by atoms with Crippen LogP contribution in [0.3, 0.4) is 0 Å². The zero-order valence-corrected chi connectivity index (χ0v) is 32.2. The van der Waals surface area contributed by atoms with Gasteiger partial charge in [-0.3, -0.25) is 9.80 Å². The van der Waals surface area contributed by atoms with Gasteiger partial charge in [-0.15, -0.1) is 0 Å². The van der Waals surface area contributed by atoms with Crippen LogP contribution in [0.5, 0.6) is 0 Å². The van der Waals surface area contributed by atoms with Crippen molar-refractivity contribution in [3.8, 4) is 33.5 Å². The number of ether oxygens (including phenoxy) is 2. The first-order valence-electron chi connectivity index (χ1n) is 19.6. The van der Waals surface area contributed by atoms with Crippen LogP contribution in [-0.2, 0) is 22.3 Å². The standard InChI is InChI=1S/C44H50N6O4/c1-43(2,3)53-41(51)49-19-7-8-37(49)39-45-24-36(48-39)29-13-17-33-28(21-29)10-9-27-20-25(12-16-32(27)33)26-14-18-34-35(23-26)47-40(46-34)38-30-11-15-31(22-30)50(38)42(52)54-44(4,5)6/h12-14,16-18,20-21,23-24,30-31,37-38H,7-11,15,19,22H2,1-6H3,(H,45,48)(H,46,47). The van der Waals surface area contributed by atoms with Crippen molar-refractivity contribution < 1.29 is 19.1 Å². The lowest BCUT2D eigenvalue weighted by Crippen LogP contribution is -2.43. The van der Waals surface area contributed by atoms with Crippen molar-refractivity contribution in [3.63, 3.8) is 0 Å². The molecular weight excluding hydrogens is 677 g/mol. The van der Waals surface area contributed by atoms with E-state index in [0.29, 0.717) is 12.5 Å². The van der Waals surface area contributed by atoms with Crippen molar-refractivity contribution in [1.82, 2.24) is 29.7 Å². The highest BCUT2D eigenvalue weighted by atomic mass is 16.6.